The quantitative estimate of drug-likeness (QED) is 0.809. The Bertz CT molecular complexity index is 422. The number of carboxylic acid groups (broad SMARTS) is 1. The lowest BCUT2D eigenvalue weighted by Crippen LogP contribution is -2.46. The summed E-state index contributed by atoms with van der Waals surface area (Å²) in [5.41, 5.74) is 0.940. The molecular formula is C13H22N2O3. The molecule has 0 fully saturated rings. The zero-order chi connectivity index (χ0) is 13.9. The van der Waals surface area contributed by atoms with Crippen molar-refractivity contribution in [2.24, 2.45) is 0 Å². The molecule has 1 aromatic rings. The first-order valence-corrected chi connectivity index (χ1v) is 5.95. The highest BCUT2D eigenvalue weighted by Crippen LogP contribution is 2.15. The van der Waals surface area contributed by atoms with Crippen LogP contribution in [-0.2, 0) is 6.54 Å². The molecule has 2 N–H and O–H groups in total. The molecule has 18 heavy (non-hydrogen) atoms. The van der Waals surface area contributed by atoms with E-state index >= 15 is 0 Å². The second-order valence-electron chi connectivity index (χ2n) is 5.31. The number of hydrogen-bond acceptors (Lipinski definition) is 4. The fourth-order valence-electron chi connectivity index (χ4n) is 1.46. The van der Waals surface area contributed by atoms with Crippen LogP contribution in [0.3, 0.4) is 0 Å². The molecule has 0 bridgehead atoms. The van der Waals surface area contributed by atoms with Gasteiger partial charge in [0.25, 0.3) is 0 Å². The molecule has 0 saturated carbocycles. The van der Waals surface area contributed by atoms with Crippen molar-refractivity contribution in [2.45, 2.75) is 32.9 Å². The molecule has 0 atom stereocenters. The Labute approximate surface area is 108 Å². The Morgan fingerprint density at radius 1 is 1.50 bits per heavy atom. The van der Waals surface area contributed by atoms with E-state index < -0.39 is 5.97 Å². The molecule has 5 nitrogen and oxygen atoms in total. The van der Waals surface area contributed by atoms with Crippen molar-refractivity contribution in [1.82, 2.24) is 10.2 Å². The van der Waals surface area contributed by atoms with E-state index in [0.29, 0.717) is 12.3 Å². The van der Waals surface area contributed by atoms with E-state index in [4.69, 9.17) is 9.52 Å². The van der Waals surface area contributed by atoms with E-state index in [-0.39, 0.29) is 11.3 Å². The highest BCUT2D eigenvalue weighted by molar-refractivity contribution is 5.84. The van der Waals surface area contributed by atoms with E-state index in [1.807, 2.05) is 14.1 Å². The average molecular weight is 254 g/mol. The van der Waals surface area contributed by atoms with E-state index in [9.17, 15) is 4.79 Å². The molecule has 0 aliphatic carbocycles. The van der Waals surface area contributed by atoms with Gasteiger partial charge < -0.3 is 19.7 Å². The largest absolute Gasteiger partial charge is 0.475 e. The van der Waals surface area contributed by atoms with Crippen LogP contribution in [0.4, 0.5) is 0 Å². The number of furan rings is 1. The summed E-state index contributed by atoms with van der Waals surface area (Å²) in [6.45, 7) is 7.49. The number of rotatable bonds is 6. The van der Waals surface area contributed by atoms with Gasteiger partial charge in [-0.15, -0.1) is 0 Å². The van der Waals surface area contributed by atoms with Gasteiger partial charge in [-0.05, 0) is 40.9 Å². The van der Waals surface area contributed by atoms with Gasteiger partial charge in [0.2, 0.25) is 5.76 Å². The van der Waals surface area contributed by atoms with Gasteiger partial charge in [-0.1, -0.05) is 0 Å². The van der Waals surface area contributed by atoms with Crippen LogP contribution in [0.1, 0.15) is 35.7 Å². The zero-order valence-corrected chi connectivity index (χ0v) is 11.7. The number of nitrogens with one attached hydrogen (secondary N) is 1. The fraction of sp³-hybridized carbons (Fsp3) is 0.615. The molecule has 1 heterocycles. The van der Waals surface area contributed by atoms with Crippen LogP contribution in [0, 0.1) is 6.92 Å². The smallest absolute Gasteiger partial charge is 0.371 e. The normalized spacial score (nSPS) is 12.1. The second kappa shape index (κ2) is 5.54. The van der Waals surface area contributed by atoms with Gasteiger partial charge in [-0.2, -0.15) is 0 Å². The van der Waals surface area contributed by atoms with Gasteiger partial charge >= 0.3 is 5.97 Å². The van der Waals surface area contributed by atoms with Crippen molar-refractivity contribution in [3.8, 4) is 0 Å². The molecule has 0 radical (unpaired) electrons. The van der Waals surface area contributed by atoms with E-state index in [0.717, 1.165) is 12.1 Å². The maximum atomic E-state index is 10.8. The Hall–Kier alpha value is -1.33. The highest BCUT2D eigenvalue weighted by Gasteiger charge is 2.20. The number of aryl methyl sites for hydroxylation is 1. The topological polar surface area (TPSA) is 65.7 Å². The van der Waals surface area contributed by atoms with Crippen molar-refractivity contribution in [1.29, 1.82) is 0 Å². The van der Waals surface area contributed by atoms with Crippen LogP contribution in [0.25, 0.3) is 0 Å². The number of nitrogens with zero attached hydrogens (tertiary/aromatic N) is 1. The summed E-state index contributed by atoms with van der Waals surface area (Å²) in [6.07, 6.45) is 0. The first-order valence-electron chi connectivity index (χ1n) is 5.95. The zero-order valence-electron chi connectivity index (χ0n) is 11.7. The van der Waals surface area contributed by atoms with Crippen molar-refractivity contribution in [2.75, 3.05) is 20.6 Å². The lowest BCUT2D eigenvalue weighted by Gasteiger charge is -2.32. The first-order chi connectivity index (χ1) is 8.24. The number of aromatic carboxylic acids is 1. The van der Waals surface area contributed by atoms with Crippen LogP contribution in [0.5, 0.6) is 0 Å². The molecule has 0 amide bonds. The molecule has 5 heteroatoms. The monoisotopic (exact) mass is 254 g/mol. The fourth-order valence-corrected chi connectivity index (χ4v) is 1.46. The van der Waals surface area contributed by atoms with Crippen molar-refractivity contribution in [3.05, 3.63) is 23.2 Å². The minimum Gasteiger partial charge on any atom is -0.475 e. The van der Waals surface area contributed by atoms with Crippen LogP contribution in [0.15, 0.2) is 10.5 Å². The minimum atomic E-state index is -1.03. The molecule has 0 aliphatic rings. The Morgan fingerprint density at radius 3 is 2.56 bits per heavy atom. The molecule has 1 rings (SSSR count). The molecule has 0 unspecified atom stereocenters. The number of hydrogen-bond donors (Lipinski definition) is 2. The van der Waals surface area contributed by atoms with Crippen molar-refractivity contribution < 1.29 is 14.3 Å². The van der Waals surface area contributed by atoms with Crippen molar-refractivity contribution >= 4 is 5.97 Å². The Kier molecular flexibility index (Phi) is 4.53. The molecule has 0 aliphatic heterocycles. The summed E-state index contributed by atoms with van der Waals surface area (Å²) >= 11 is 0. The minimum absolute atomic E-state index is 0.00355. The lowest BCUT2D eigenvalue weighted by atomic mass is 10.0. The molecule has 102 valence electrons. The van der Waals surface area contributed by atoms with Crippen LogP contribution < -0.4 is 5.32 Å². The summed E-state index contributed by atoms with van der Waals surface area (Å²) in [4.78, 5) is 12.9. The van der Waals surface area contributed by atoms with E-state index in [1.165, 1.54) is 0 Å². The SMILES string of the molecule is Cc1oc(C(=O)O)cc1CNCC(C)(C)N(C)C. The third-order valence-electron chi connectivity index (χ3n) is 3.32. The lowest BCUT2D eigenvalue weighted by molar-refractivity contribution is 0.0661. The third kappa shape index (κ3) is 3.58. The predicted octanol–water partition coefficient (Wildman–Crippen LogP) is 1.72. The summed E-state index contributed by atoms with van der Waals surface area (Å²) in [7, 11) is 4.07. The maximum absolute atomic E-state index is 10.8. The maximum Gasteiger partial charge on any atom is 0.371 e. The molecule has 1 aromatic heterocycles. The average Bonchev–Trinajstić information content (AvgIpc) is 2.60. The Morgan fingerprint density at radius 2 is 2.11 bits per heavy atom. The van der Waals surface area contributed by atoms with Gasteiger partial charge in [0.15, 0.2) is 0 Å². The number of likely N-dealkylation sites (N-methyl/N-ethyl adjacent to an activating group) is 1. The number of carboxylic acids is 1. The van der Waals surface area contributed by atoms with E-state index in [1.54, 1.807) is 13.0 Å². The van der Waals surface area contributed by atoms with Gasteiger partial charge in [0.05, 0.1) is 0 Å². The molecular weight excluding hydrogens is 232 g/mol. The van der Waals surface area contributed by atoms with Crippen LogP contribution in [-0.4, -0.2) is 42.2 Å². The molecule has 0 aromatic carbocycles. The Balaban J connectivity index is 2.57. The highest BCUT2D eigenvalue weighted by atomic mass is 16.4. The van der Waals surface area contributed by atoms with Gasteiger partial charge in [-0.3, -0.25) is 0 Å². The summed E-state index contributed by atoms with van der Waals surface area (Å²) in [5, 5.41) is 12.2. The summed E-state index contributed by atoms with van der Waals surface area (Å²) < 4.78 is 5.16. The van der Waals surface area contributed by atoms with Crippen LogP contribution >= 0.6 is 0 Å². The number of carbonyl (C=O) groups is 1. The standard InChI is InChI=1S/C13H22N2O3/c1-9-10(6-11(18-9)12(16)17)7-14-8-13(2,3)15(4)5/h6,14H,7-8H2,1-5H3,(H,16,17). The second-order valence-corrected chi connectivity index (χ2v) is 5.31. The van der Waals surface area contributed by atoms with Crippen molar-refractivity contribution in [3.63, 3.8) is 0 Å². The predicted molar refractivity (Wildman–Crippen MR) is 69.9 cm³/mol. The summed E-state index contributed by atoms with van der Waals surface area (Å²) in [5.74, 6) is -0.378. The van der Waals surface area contributed by atoms with Gasteiger partial charge in [0.1, 0.15) is 5.76 Å². The van der Waals surface area contributed by atoms with Gasteiger partial charge in [0, 0.05) is 24.2 Å². The summed E-state index contributed by atoms with van der Waals surface area (Å²) in [6, 6.07) is 1.58. The van der Waals surface area contributed by atoms with E-state index in [2.05, 4.69) is 24.1 Å². The molecule has 0 saturated heterocycles. The van der Waals surface area contributed by atoms with Crippen LogP contribution in [0.2, 0.25) is 0 Å². The molecule has 0 spiro atoms. The van der Waals surface area contributed by atoms with Gasteiger partial charge in [-0.25, -0.2) is 4.79 Å². The first kappa shape index (κ1) is 14.7. The third-order valence-corrected chi connectivity index (χ3v) is 3.32.